The minimum absolute atomic E-state index is 0.630. The van der Waals surface area contributed by atoms with E-state index in [-0.39, 0.29) is 0 Å². The monoisotopic (exact) mass is 238 g/mol. The second-order valence-electron chi connectivity index (χ2n) is 3.35. The molecule has 1 rings (SSSR count). The van der Waals surface area contributed by atoms with Gasteiger partial charge in [-0.1, -0.05) is 11.6 Å². The Morgan fingerprint density at radius 3 is 2.81 bits per heavy atom. The third-order valence-corrected chi connectivity index (χ3v) is 2.60. The molecule has 0 atom stereocenters. The topological polar surface area (TPSA) is 36.3 Å². The van der Waals surface area contributed by atoms with E-state index in [2.05, 4.69) is 11.0 Å². The predicted octanol–water partition coefficient (Wildman–Crippen LogP) is 2.68. The van der Waals surface area contributed by atoms with Gasteiger partial charge in [-0.2, -0.15) is 5.26 Å². The first-order valence-electron chi connectivity index (χ1n) is 5.16. The van der Waals surface area contributed by atoms with Gasteiger partial charge in [-0.25, -0.2) is 0 Å². The summed E-state index contributed by atoms with van der Waals surface area (Å²) in [5, 5.41) is 9.67. The smallest absolute Gasteiger partial charge is 0.101 e. The van der Waals surface area contributed by atoms with Crippen LogP contribution in [0.25, 0.3) is 0 Å². The van der Waals surface area contributed by atoms with Crippen molar-refractivity contribution < 1.29 is 4.74 Å². The van der Waals surface area contributed by atoms with E-state index in [1.807, 2.05) is 13.0 Å². The fourth-order valence-corrected chi connectivity index (χ4v) is 1.68. The zero-order valence-corrected chi connectivity index (χ0v) is 10.3. The molecule has 0 unspecified atom stereocenters. The van der Waals surface area contributed by atoms with Crippen molar-refractivity contribution in [3.05, 3.63) is 28.8 Å². The molecule has 0 saturated heterocycles. The Hall–Kier alpha value is -1.24. The van der Waals surface area contributed by atoms with Crippen molar-refractivity contribution in [3.8, 4) is 6.07 Å². The van der Waals surface area contributed by atoms with Crippen LogP contribution >= 0.6 is 11.6 Å². The molecule has 0 fully saturated rings. The summed E-state index contributed by atoms with van der Waals surface area (Å²) >= 11 is 5.94. The highest BCUT2D eigenvalue weighted by atomic mass is 35.5. The quantitative estimate of drug-likeness (QED) is 0.791. The number of ether oxygens (including phenoxy) is 1. The summed E-state index contributed by atoms with van der Waals surface area (Å²) in [6.45, 7) is 4.24. The van der Waals surface area contributed by atoms with E-state index in [1.165, 1.54) is 0 Å². The molecule has 0 spiro atoms. The Bertz CT molecular complexity index is 387. The molecule has 0 aliphatic rings. The van der Waals surface area contributed by atoms with Gasteiger partial charge in [0.25, 0.3) is 0 Å². The van der Waals surface area contributed by atoms with Gasteiger partial charge in [-0.05, 0) is 25.1 Å². The summed E-state index contributed by atoms with van der Waals surface area (Å²) in [6.07, 6.45) is 0. The Morgan fingerprint density at radius 1 is 1.50 bits per heavy atom. The summed E-state index contributed by atoms with van der Waals surface area (Å²) in [6, 6.07) is 7.46. The minimum Gasteiger partial charge on any atom is -0.383 e. The van der Waals surface area contributed by atoms with Crippen LogP contribution < -0.4 is 4.90 Å². The predicted molar refractivity (Wildman–Crippen MR) is 65.9 cm³/mol. The van der Waals surface area contributed by atoms with Gasteiger partial charge < -0.3 is 9.64 Å². The van der Waals surface area contributed by atoms with Gasteiger partial charge in [0.05, 0.1) is 17.9 Å². The van der Waals surface area contributed by atoms with E-state index in [0.717, 1.165) is 18.8 Å². The molecule has 0 bridgehead atoms. The van der Waals surface area contributed by atoms with E-state index in [4.69, 9.17) is 21.6 Å². The van der Waals surface area contributed by atoms with Crippen LogP contribution in [-0.4, -0.2) is 26.8 Å². The molecule has 4 heteroatoms. The SMILES string of the molecule is CCN(CCOC)c1cc(Cl)ccc1C#N. The van der Waals surface area contributed by atoms with Gasteiger partial charge >= 0.3 is 0 Å². The molecular formula is C12H15ClN2O. The van der Waals surface area contributed by atoms with Crippen molar-refractivity contribution >= 4 is 17.3 Å². The summed E-state index contributed by atoms with van der Waals surface area (Å²) in [7, 11) is 1.66. The molecule has 1 aromatic carbocycles. The highest BCUT2D eigenvalue weighted by molar-refractivity contribution is 6.30. The van der Waals surface area contributed by atoms with Crippen LogP contribution in [-0.2, 0) is 4.74 Å². The van der Waals surface area contributed by atoms with Crippen molar-refractivity contribution in [1.29, 1.82) is 5.26 Å². The average molecular weight is 239 g/mol. The van der Waals surface area contributed by atoms with E-state index >= 15 is 0 Å². The van der Waals surface area contributed by atoms with Crippen LogP contribution in [0.1, 0.15) is 12.5 Å². The summed E-state index contributed by atoms with van der Waals surface area (Å²) in [5.74, 6) is 0. The molecule has 16 heavy (non-hydrogen) atoms. The van der Waals surface area contributed by atoms with Gasteiger partial charge in [0.15, 0.2) is 0 Å². The first-order chi connectivity index (χ1) is 7.72. The lowest BCUT2D eigenvalue weighted by atomic mass is 10.1. The lowest BCUT2D eigenvalue weighted by Crippen LogP contribution is -2.27. The Morgan fingerprint density at radius 2 is 2.25 bits per heavy atom. The van der Waals surface area contributed by atoms with Crippen molar-refractivity contribution in [1.82, 2.24) is 0 Å². The molecule has 0 aliphatic heterocycles. The van der Waals surface area contributed by atoms with Crippen LogP contribution in [0.5, 0.6) is 0 Å². The molecule has 0 heterocycles. The lowest BCUT2D eigenvalue weighted by Gasteiger charge is -2.23. The van der Waals surface area contributed by atoms with Crippen molar-refractivity contribution in [2.45, 2.75) is 6.92 Å². The summed E-state index contributed by atoms with van der Waals surface area (Å²) < 4.78 is 5.04. The summed E-state index contributed by atoms with van der Waals surface area (Å²) in [5.41, 5.74) is 1.51. The minimum atomic E-state index is 0.630. The Labute approximate surface area is 101 Å². The molecule has 0 radical (unpaired) electrons. The summed E-state index contributed by atoms with van der Waals surface area (Å²) in [4.78, 5) is 2.08. The Kier molecular flexibility index (Phi) is 5.10. The highest BCUT2D eigenvalue weighted by Gasteiger charge is 2.09. The number of likely N-dealkylation sites (N-methyl/N-ethyl adjacent to an activating group) is 1. The average Bonchev–Trinajstić information content (AvgIpc) is 2.30. The van der Waals surface area contributed by atoms with Gasteiger partial charge in [0.1, 0.15) is 6.07 Å². The Balaban J connectivity index is 2.98. The number of methoxy groups -OCH3 is 1. The highest BCUT2D eigenvalue weighted by Crippen LogP contribution is 2.24. The van der Waals surface area contributed by atoms with Crippen LogP contribution in [0.4, 0.5) is 5.69 Å². The van der Waals surface area contributed by atoms with E-state index in [1.54, 1.807) is 19.2 Å². The number of anilines is 1. The standard InChI is InChI=1S/C12H15ClN2O/c1-3-15(6-7-16-2)12-8-11(13)5-4-10(12)9-14/h4-5,8H,3,6-7H2,1-2H3. The van der Waals surface area contributed by atoms with Gasteiger partial charge in [-0.15, -0.1) is 0 Å². The fourth-order valence-electron chi connectivity index (χ4n) is 1.51. The maximum atomic E-state index is 9.03. The molecule has 0 saturated carbocycles. The number of benzene rings is 1. The number of rotatable bonds is 5. The number of hydrogen-bond acceptors (Lipinski definition) is 3. The van der Waals surface area contributed by atoms with Crippen LogP contribution in [0, 0.1) is 11.3 Å². The number of halogens is 1. The fraction of sp³-hybridized carbons (Fsp3) is 0.417. The van der Waals surface area contributed by atoms with Gasteiger partial charge in [-0.3, -0.25) is 0 Å². The maximum Gasteiger partial charge on any atom is 0.101 e. The number of hydrogen-bond donors (Lipinski definition) is 0. The van der Waals surface area contributed by atoms with Crippen molar-refractivity contribution in [3.63, 3.8) is 0 Å². The second-order valence-corrected chi connectivity index (χ2v) is 3.78. The number of nitriles is 1. The molecule has 0 N–H and O–H groups in total. The van der Waals surface area contributed by atoms with Crippen molar-refractivity contribution in [2.24, 2.45) is 0 Å². The van der Waals surface area contributed by atoms with E-state index < -0.39 is 0 Å². The van der Waals surface area contributed by atoms with Gasteiger partial charge in [0, 0.05) is 25.2 Å². The molecular weight excluding hydrogens is 224 g/mol. The molecule has 0 aliphatic carbocycles. The third-order valence-electron chi connectivity index (χ3n) is 2.37. The zero-order valence-electron chi connectivity index (χ0n) is 9.53. The molecule has 0 aromatic heterocycles. The first kappa shape index (κ1) is 12.8. The van der Waals surface area contributed by atoms with Crippen LogP contribution in [0.15, 0.2) is 18.2 Å². The normalized spacial score (nSPS) is 9.88. The van der Waals surface area contributed by atoms with Gasteiger partial charge in [0.2, 0.25) is 0 Å². The van der Waals surface area contributed by atoms with Crippen molar-refractivity contribution in [2.75, 3.05) is 31.7 Å². The third kappa shape index (κ3) is 3.13. The molecule has 86 valence electrons. The molecule has 1 aromatic rings. The zero-order chi connectivity index (χ0) is 12.0. The number of nitrogens with zero attached hydrogens (tertiary/aromatic N) is 2. The first-order valence-corrected chi connectivity index (χ1v) is 5.54. The van der Waals surface area contributed by atoms with Crippen LogP contribution in [0.3, 0.4) is 0 Å². The second kappa shape index (κ2) is 6.37. The lowest BCUT2D eigenvalue weighted by molar-refractivity contribution is 0.205. The largest absolute Gasteiger partial charge is 0.383 e. The van der Waals surface area contributed by atoms with E-state index in [9.17, 15) is 0 Å². The van der Waals surface area contributed by atoms with E-state index in [0.29, 0.717) is 17.2 Å². The molecule has 0 amide bonds. The molecule has 3 nitrogen and oxygen atoms in total. The van der Waals surface area contributed by atoms with Crippen LogP contribution in [0.2, 0.25) is 5.02 Å². The maximum absolute atomic E-state index is 9.03.